The van der Waals surface area contributed by atoms with Crippen molar-refractivity contribution in [2.75, 3.05) is 0 Å². The van der Waals surface area contributed by atoms with E-state index in [4.69, 9.17) is 0 Å². The number of benzene rings is 1. The van der Waals surface area contributed by atoms with Gasteiger partial charge in [0, 0.05) is 0 Å². The molecule has 0 aliphatic carbocycles. The monoisotopic (exact) mass is 184 g/mol. The van der Waals surface area contributed by atoms with E-state index in [0.717, 1.165) is 5.56 Å². The quantitative estimate of drug-likeness (QED) is 0.392. The first-order chi connectivity index (χ1) is 6.85. The van der Waals surface area contributed by atoms with E-state index in [0.29, 0.717) is 0 Å². The minimum Gasteiger partial charge on any atom is -0.224 e. The zero-order chi connectivity index (χ0) is 10.6. The van der Waals surface area contributed by atoms with Gasteiger partial charge in [-0.25, -0.2) is 4.79 Å². The maximum Gasteiger partial charge on any atom is 0.177 e. The van der Waals surface area contributed by atoms with Gasteiger partial charge >= 0.3 is 0 Å². The Hall–Kier alpha value is -2.07. The van der Waals surface area contributed by atoms with Crippen LogP contribution in [0.4, 0.5) is 0 Å². The van der Waals surface area contributed by atoms with E-state index in [1.54, 1.807) is 24.2 Å². The van der Waals surface area contributed by atoms with Crippen molar-refractivity contribution in [2.45, 2.75) is 0 Å². The Morgan fingerprint density at radius 1 is 1.07 bits per heavy atom. The molecule has 1 heteroatoms. The molecule has 1 aromatic carbocycles. The van der Waals surface area contributed by atoms with Crippen molar-refractivity contribution in [2.24, 2.45) is 0 Å². The zero-order valence-corrected chi connectivity index (χ0v) is 7.94. The molecule has 0 heterocycles. The molecule has 0 saturated carbocycles. The molecule has 0 spiro atoms. The molecule has 0 unspecified atom stereocenters. The summed E-state index contributed by atoms with van der Waals surface area (Å²) >= 11 is 0. The first kappa shape index (κ1) is 11.9. The average Bonchev–Trinajstić information content (AvgIpc) is 2.28. The molecule has 0 aromatic heterocycles. The standard InChI is InChI=1S/C9H6O.C4H6/c10-8-4-7-9-5-2-1-3-6-9;1-3-4-2/h1-3,5-7H;3-4H,1-2H2. The van der Waals surface area contributed by atoms with Crippen molar-refractivity contribution in [1.82, 2.24) is 0 Å². The number of rotatable bonds is 2. The summed E-state index contributed by atoms with van der Waals surface area (Å²) < 4.78 is 0. The van der Waals surface area contributed by atoms with Gasteiger partial charge in [-0.2, -0.15) is 0 Å². The molecule has 0 bridgehead atoms. The molecule has 14 heavy (non-hydrogen) atoms. The van der Waals surface area contributed by atoms with E-state index in [9.17, 15) is 4.79 Å². The van der Waals surface area contributed by atoms with Crippen LogP contribution in [0, 0.1) is 0 Å². The summed E-state index contributed by atoms with van der Waals surface area (Å²) in [5.74, 6) is 1.56. The normalized spacial score (nSPS) is 6.86. The van der Waals surface area contributed by atoms with E-state index in [-0.39, 0.29) is 0 Å². The zero-order valence-electron chi connectivity index (χ0n) is 7.94. The smallest absolute Gasteiger partial charge is 0.177 e. The summed E-state index contributed by atoms with van der Waals surface area (Å²) in [5.41, 5.74) is 3.30. The lowest BCUT2D eigenvalue weighted by Gasteiger charge is -1.84. The van der Waals surface area contributed by atoms with Gasteiger partial charge in [0.2, 0.25) is 0 Å². The molecule has 0 N–H and O–H groups in total. The highest BCUT2D eigenvalue weighted by molar-refractivity contribution is 5.58. The topological polar surface area (TPSA) is 17.1 Å². The molecule has 0 radical (unpaired) electrons. The third-order valence-electron chi connectivity index (χ3n) is 1.26. The van der Waals surface area contributed by atoms with Gasteiger partial charge in [0.1, 0.15) is 0 Å². The van der Waals surface area contributed by atoms with E-state index in [1.165, 1.54) is 0 Å². The fourth-order valence-corrected chi connectivity index (χ4v) is 0.662. The fourth-order valence-electron chi connectivity index (χ4n) is 0.662. The molecule has 70 valence electrons. The highest BCUT2D eigenvalue weighted by Gasteiger charge is 1.78. The minimum absolute atomic E-state index is 0.964. The van der Waals surface area contributed by atoms with Gasteiger partial charge in [-0.15, -0.1) is 0 Å². The van der Waals surface area contributed by atoms with Crippen LogP contribution in [0.5, 0.6) is 0 Å². The van der Waals surface area contributed by atoms with E-state index in [1.807, 2.05) is 30.3 Å². The minimum atomic E-state index is 0.964. The number of allylic oxidation sites excluding steroid dienone is 2. The summed E-state index contributed by atoms with van der Waals surface area (Å²) in [5, 5.41) is 0. The van der Waals surface area contributed by atoms with Gasteiger partial charge in [0.15, 0.2) is 5.94 Å². The average molecular weight is 184 g/mol. The Morgan fingerprint density at radius 2 is 1.64 bits per heavy atom. The Labute approximate surface area is 84.4 Å². The van der Waals surface area contributed by atoms with E-state index in [2.05, 4.69) is 18.9 Å². The van der Waals surface area contributed by atoms with E-state index < -0.39 is 0 Å². The first-order valence-corrected chi connectivity index (χ1v) is 4.09. The number of hydrogen-bond donors (Lipinski definition) is 0. The SMILES string of the molecule is C=CC=C.O=C=C=Cc1ccccc1. The number of hydrogen-bond acceptors (Lipinski definition) is 1. The maximum absolute atomic E-state index is 9.71. The molecule has 1 rings (SSSR count). The van der Waals surface area contributed by atoms with E-state index >= 15 is 0 Å². The molecule has 0 fully saturated rings. The second-order valence-corrected chi connectivity index (χ2v) is 2.27. The lowest BCUT2D eigenvalue weighted by molar-refractivity contribution is 0.569. The maximum atomic E-state index is 9.71. The molecule has 0 aliphatic heterocycles. The van der Waals surface area contributed by atoms with Gasteiger partial charge in [-0.05, 0) is 17.4 Å². The Bertz CT molecular complexity index is 344. The van der Waals surface area contributed by atoms with Crippen LogP contribution in [0.3, 0.4) is 0 Å². The molecule has 0 aliphatic rings. The lowest BCUT2D eigenvalue weighted by atomic mass is 10.2. The van der Waals surface area contributed by atoms with Gasteiger partial charge in [-0.3, -0.25) is 0 Å². The second kappa shape index (κ2) is 9.02. The van der Waals surface area contributed by atoms with Crippen molar-refractivity contribution in [3.8, 4) is 0 Å². The van der Waals surface area contributed by atoms with Crippen LogP contribution in [0.1, 0.15) is 5.56 Å². The third-order valence-corrected chi connectivity index (χ3v) is 1.26. The van der Waals surface area contributed by atoms with Crippen molar-refractivity contribution in [3.63, 3.8) is 0 Å². The van der Waals surface area contributed by atoms with Crippen LogP contribution in [-0.4, -0.2) is 5.94 Å². The van der Waals surface area contributed by atoms with Crippen molar-refractivity contribution < 1.29 is 4.79 Å². The lowest BCUT2D eigenvalue weighted by Crippen LogP contribution is -1.65. The summed E-state index contributed by atoms with van der Waals surface area (Å²) in [4.78, 5) is 9.71. The van der Waals surface area contributed by atoms with Crippen LogP contribution in [0.2, 0.25) is 0 Å². The molecule has 0 saturated heterocycles. The van der Waals surface area contributed by atoms with Gasteiger partial charge in [-0.1, -0.05) is 55.6 Å². The Balaban J connectivity index is 0.000000364. The molecular formula is C13H12O. The molecule has 1 aromatic rings. The van der Waals surface area contributed by atoms with Crippen LogP contribution >= 0.6 is 0 Å². The summed E-state index contributed by atoms with van der Waals surface area (Å²) in [7, 11) is 0. The first-order valence-electron chi connectivity index (χ1n) is 4.09. The highest BCUT2D eigenvalue weighted by atomic mass is 16.1. The summed E-state index contributed by atoms with van der Waals surface area (Å²) in [6.45, 7) is 6.72. The summed E-state index contributed by atoms with van der Waals surface area (Å²) in [6, 6.07) is 9.51. The van der Waals surface area contributed by atoms with Crippen molar-refractivity contribution >= 4 is 12.0 Å². The Kier molecular flexibility index (Phi) is 7.69. The molecule has 0 amide bonds. The molecule has 0 atom stereocenters. The predicted molar refractivity (Wildman–Crippen MR) is 60.5 cm³/mol. The summed E-state index contributed by atoms with van der Waals surface area (Å²) in [6.07, 6.45) is 4.87. The van der Waals surface area contributed by atoms with Crippen LogP contribution in [0.15, 0.2) is 61.4 Å². The second-order valence-electron chi connectivity index (χ2n) is 2.27. The van der Waals surface area contributed by atoms with Crippen LogP contribution in [-0.2, 0) is 4.79 Å². The number of carbonyl (C=O) groups excluding carboxylic acids is 1. The third kappa shape index (κ3) is 6.63. The van der Waals surface area contributed by atoms with Crippen molar-refractivity contribution in [1.29, 1.82) is 0 Å². The van der Waals surface area contributed by atoms with Crippen LogP contribution in [0.25, 0.3) is 6.08 Å². The van der Waals surface area contributed by atoms with Crippen LogP contribution < -0.4 is 0 Å². The Morgan fingerprint density at radius 3 is 2.07 bits per heavy atom. The molecule has 1 nitrogen and oxygen atoms in total. The van der Waals surface area contributed by atoms with Crippen molar-refractivity contribution in [3.05, 3.63) is 66.9 Å². The van der Waals surface area contributed by atoms with Gasteiger partial charge in [0.05, 0.1) is 0 Å². The van der Waals surface area contributed by atoms with Gasteiger partial charge < -0.3 is 0 Å². The fraction of sp³-hybridized carbons (Fsp3) is 0. The van der Waals surface area contributed by atoms with Gasteiger partial charge in [0.25, 0.3) is 0 Å². The largest absolute Gasteiger partial charge is 0.224 e. The predicted octanol–water partition coefficient (Wildman–Crippen LogP) is 3.04. The molecular weight excluding hydrogens is 172 g/mol. The highest BCUT2D eigenvalue weighted by Crippen LogP contribution is 1.98.